The van der Waals surface area contributed by atoms with Gasteiger partial charge in [-0.05, 0) is 41.0 Å². The smallest absolute Gasteiger partial charge is 0.146 e. The molecule has 0 aliphatic heterocycles. The van der Waals surface area contributed by atoms with Gasteiger partial charge in [-0.2, -0.15) is 0 Å². The highest BCUT2D eigenvalue weighted by Crippen LogP contribution is 2.28. The van der Waals surface area contributed by atoms with E-state index in [-0.39, 0.29) is 5.92 Å². The lowest BCUT2D eigenvalue weighted by Crippen LogP contribution is -2.07. The van der Waals surface area contributed by atoms with Crippen LogP contribution in [0.15, 0.2) is 85.6 Å². The minimum Gasteiger partial charge on any atom is -0.382 e. The molecule has 4 aromatic heterocycles. The van der Waals surface area contributed by atoms with Crippen LogP contribution < -0.4 is 5.73 Å². The van der Waals surface area contributed by atoms with Gasteiger partial charge in [0.15, 0.2) is 0 Å². The second kappa shape index (κ2) is 7.40. The Labute approximate surface area is 174 Å². The number of anilines is 1. The first-order valence-corrected chi connectivity index (χ1v) is 9.76. The highest BCUT2D eigenvalue weighted by Gasteiger charge is 2.16. The average Bonchev–Trinajstić information content (AvgIpc) is 3.23. The Bertz CT molecular complexity index is 1310. The van der Waals surface area contributed by atoms with Gasteiger partial charge in [0.2, 0.25) is 0 Å². The number of rotatable bonds is 4. The topological polar surface area (TPSA) is 82.0 Å². The second-order valence-corrected chi connectivity index (χ2v) is 7.18. The van der Waals surface area contributed by atoms with Crippen molar-refractivity contribution in [3.63, 3.8) is 0 Å². The Balaban J connectivity index is 1.55. The van der Waals surface area contributed by atoms with Crippen LogP contribution in [0.5, 0.6) is 0 Å². The molecule has 0 fully saturated rings. The third-order valence-corrected chi connectivity index (χ3v) is 5.32. The predicted octanol–water partition coefficient (Wildman–Crippen LogP) is 4.59. The van der Waals surface area contributed by atoms with Gasteiger partial charge in [0.05, 0.1) is 23.8 Å². The number of aromatic nitrogens is 5. The zero-order valence-corrected chi connectivity index (χ0v) is 16.5. The molecule has 0 aliphatic carbocycles. The van der Waals surface area contributed by atoms with Gasteiger partial charge in [0.1, 0.15) is 17.2 Å². The van der Waals surface area contributed by atoms with Gasteiger partial charge in [-0.1, -0.05) is 37.3 Å². The summed E-state index contributed by atoms with van der Waals surface area (Å²) in [5.41, 5.74) is 12.8. The number of pyridine rings is 2. The highest BCUT2D eigenvalue weighted by atomic mass is 15.0. The molecule has 5 rings (SSSR count). The van der Waals surface area contributed by atoms with Crippen LogP contribution >= 0.6 is 0 Å². The molecule has 0 aliphatic rings. The number of hydrogen-bond donors (Lipinski definition) is 1. The standard InChI is InChI=1S/C24H20N6/c1-16(17-5-3-2-4-6-17)23-24(25)29-20(13-28-23)21-14-27-22-8-7-19(15-30(21)22)18-9-11-26-12-10-18/h2-16H,1H3,(H2,25,29)/t16-/m0/s1. The van der Waals surface area contributed by atoms with E-state index in [1.54, 1.807) is 24.8 Å². The zero-order chi connectivity index (χ0) is 20.5. The highest BCUT2D eigenvalue weighted by molar-refractivity contribution is 5.68. The van der Waals surface area contributed by atoms with E-state index in [4.69, 9.17) is 5.73 Å². The molecule has 0 amide bonds. The van der Waals surface area contributed by atoms with E-state index < -0.39 is 0 Å². The predicted molar refractivity (Wildman–Crippen MR) is 118 cm³/mol. The Morgan fingerprint density at radius 2 is 1.67 bits per heavy atom. The maximum Gasteiger partial charge on any atom is 0.146 e. The molecular formula is C24H20N6. The normalized spacial score (nSPS) is 12.2. The van der Waals surface area contributed by atoms with E-state index in [0.29, 0.717) is 11.5 Å². The quantitative estimate of drug-likeness (QED) is 0.484. The van der Waals surface area contributed by atoms with Crippen molar-refractivity contribution in [3.8, 4) is 22.5 Å². The van der Waals surface area contributed by atoms with Crippen LogP contribution in [-0.4, -0.2) is 24.3 Å². The molecule has 4 heterocycles. The van der Waals surface area contributed by atoms with Crippen molar-refractivity contribution in [2.75, 3.05) is 5.73 Å². The third kappa shape index (κ3) is 3.18. The second-order valence-electron chi connectivity index (χ2n) is 7.18. The monoisotopic (exact) mass is 392 g/mol. The van der Waals surface area contributed by atoms with Crippen molar-refractivity contribution in [1.29, 1.82) is 0 Å². The van der Waals surface area contributed by atoms with Crippen LogP contribution in [0, 0.1) is 0 Å². The van der Waals surface area contributed by atoms with Crippen molar-refractivity contribution < 1.29 is 0 Å². The lowest BCUT2D eigenvalue weighted by Gasteiger charge is -2.14. The number of hydrogen-bond acceptors (Lipinski definition) is 5. The Kier molecular flexibility index (Phi) is 4.44. The number of nitrogens with zero attached hydrogens (tertiary/aromatic N) is 5. The van der Waals surface area contributed by atoms with Crippen molar-refractivity contribution in [2.45, 2.75) is 12.8 Å². The van der Waals surface area contributed by atoms with Crippen molar-refractivity contribution in [1.82, 2.24) is 24.3 Å². The molecular weight excluding hydrogens is 372 g/mol. The Morgan fingerprint density at radius 3 is 2.43 bits per heavy atom. The van der Waals surface area contributed by atoms with Crippen molar-refractivity contribution in [2.24, 2.45) is 0 Å². The molecule has 0 unspecified atom stereocenters. The summed E-state index contributed by atoms with van der Waals surface area (Å²) in [7, 11) is 0. The zero-order valence-electron chi connectivity index (χ0n) is 16.5. The maximum absolute atomic E-state index is 6.32. The average molecular weight is 392 g/mol. The Hall–Kier alpha value is -4.06. The first-order valence-electron chi connectivity index (χ1n) is 9.76. The molecule has 2 N–H and O–H groups in total. The molecule has 0 saturated heterocycles. The lowest BCUT2D eigenvalue weighted by molar-refractivity contribution is 0.864. The number of benzene rings is 1. The molecule has 30 heavy (non-hydrogen) atoms. The molecule has 0 bridgehead atoms. The molecule has 146 valence electrons. The number of imidazole rings is 1. The minimum atomic E-state index is 0.0632. The number of fused-ring (bicyclic) bond motifs is 1. The molecule has 0 spiro atoms. The fourth-order valence-electron chi connectivity index (χ4n) is 3.65. The van der Waals surface area contributed by atoms with Crippen LogP contribution in [-0.2, 0) is 0 Å². The summed E-state index contributed by atoms with van der Waals surface area (Å²) in [5.74, 6) is 0.498. The summed E-state index contributed by atoms with van der Waals surface area (Å²) in [4.78, 5) is 17.9. The summed E-state index contributed by atoms with van der Waals surface area (Å²) in [6, 6.07) is 18.2. The van der Waals surface area contributed by atoms with Gasteiger partial charge < -0.3 is 5.73 Å². The molecule has 5 aromatic rings. The van der Waals surface area contributed by atoms with Crippen LogP contribution in [0.4, 0.5) is 5.82 Å². The van der Waals surface area contributed by atoms with Crippen LogP contribution in [0.25, 0.3) is 28.2 Å². The van der Waals surface area contributed by atoms with E-state index >= 15 is 0 Å². The van der Waals surface area contributed by atoms with Crippen LogP contribution in [0.1, 0.15) is 24.1 Å². The van der Waals surface area contributed by atoms with Gasteiger partial charge >= 0.3 is 0 Å². The molecule has 0 saturated carbocycles. The van der Waals surface area contributed by atoms with Gasteiger partial charge in [-0.3, -0.25) is 14.4 Å². The van der Waals surface area contributed by atoms with E-state index in [2.05, 4.69) is 39.0 Å². The van der Waals surface area contributed by atoms with Crippen molar-refractivity contribution in [3.05, 3.63) is 96.8 Å². The summed E-state index contributed by atoms with van der Waals surface area (Å²) in [6.07, 6.45) is 9.19. The SMILES string of the molecule is C[C@@H](c1ccccc1)c1ncc(-c2cnc3ccc(-c4ccncc4)cn23)nc1N. The van der Waals surface area contributed by atoms with Gasteiger partial charge in [0, 0.05) is 24.5 Å². The van der Waals surface area contributed by atoms with Gasteiger partial charge in [0.25, 0.3) is 0 Å². The number of nitrogens with two attached hydrogens (primary N) is 1. The summed E-state index contributed by atoms with van der Waals surface area (Å²) in [5, 5.41) is 0. The minimum absolute atomic E-state index is 0.0632. The third-order valence-electron chi connectivity index (χ3n) is 5.32. The summed E-state index contributed by atoms with van der Waals surface area (Å²) < 4.78 is 2.01. The van der Waals surface area contributed by atoms with E-state index in [1.807, 2.05) is 53.1 Å². The molecule has 6 heteroatoms. The van der Waals surface area contributed by atoms with E-state index in [9.17, 15) is 0 Å². The summed E-state index contributed by atoms with van der Waals surface area (Å²) in [6.45, 7) is 2.09. The van der Waals surface area contributed by atoms with E-state index in [0.717, 1.165) is 33.7 Å². The van der Waals surface area contributed by atoms with Crippen LogP contribution in [0.3, 0.4) is 0 Å². The summed E-state index contributed by atoms with van der Waals surface area (Å²) >= 11 is 0. The molecule has 6 nitrogen and oxygen atoms in total. The fraction of sp³-hybridized carbons (Fsp3) is 0.0833. The molecule has 1 aromatic carbocycles. The van der Waals surface area contributed by atoms with Crippen molar-refractivity contribution >= 4 is 11.5 Å². The molecule has 0 radical (unpaired) electrons. The first kappa shape index (κ1) is 18.0. The maximum atomic E-state index is 6.32. The van der Waals surface area contributed by atoms with Crippen LogP contribution in [0.2, 0.25) is 0 Å². The Morgan fingerprint density at radius 1 is 0.867 bits per heavy atom. The van der Waals surface area contributed by atoms with Gasteiger partial charge in [-0.15, -0.1) is 0 Å². The first-order chi connectivity index (χ1) is 14.7. The van der Waals surface area contributed by atoms with Gasteiger partial charge in [-0.25, -0.2) is 9.97 Å². The molecule has 1 atom stereocenters. The largest absolute Gasteiger partial charge is 0.382 e. The lowest BCUT2D eigenvalue weighted by atomic mass is 9.97. The fourth-order valence-corrected chi connectivity index (χ4v) is 3.65. The number of nitrogen functional groups attached to an aromatic ring is 1. The van der Waals surface area contributed by atoms with E-state index in [1.165, 1.54) is 0 Å².